The first-order valence-electron chi connectivity index (χ1n) is 8.48. The van der Waals surface area contributed by atoms with Gasteiger partial charge in [-0.05, 0) is 41.8 Å². The molecular weight excluding hydrogens is 317 g/mol. The van der Waals surface area contributed by atoms with Crippen molar-refractivity contribution < 1.29 is 13.9 Å². The standard InChI is InChI=1S/C21H26FNO2/c1-23(2)20-10-6-18(7-11-20)4-3-5-19-8-12-21(13-9-19)25-17-16-24-15-14-22/h3-4,6-13H,5,14-17H2,1-2H3/b4-3+. The van der Waals surface area contributed by atoms with E-state index < -0.39 is 6.67 Å². The van der Waals surface area contributed by atoms with Crippen molar-refractivity contribution in [2.75, 3.05) is 45.5 Å². The van der Waals surface area contributed by atoms with Crippen molar-refractivity contribution in [2.24, 2.45) is 0 Å². The van der Waals surface area contributed by atoms with Gasteiger partial charge in [-0.1, -0.05) is 36.4 Å². The van der Waals surface area contributed by atoms with Crippen LogP contribution in [0.25, 0.3) is 6.08 Å². The van der Waals surface area contributed by atoms with Crippen LogP contribution >= 0.6 is 0 Å². The maximum Gasteiger partial charge on any atom is 0.119 e. The molecule has 3 nitrogen and oxygen atoms in total. The molecule has 0 unspecified atom stereocenters. The fourth-order valence-corrected chi connectivity index (χ4v) is 2.31. The molecule has 0 bridgehead atoms. The molecule has 0 amide bonds. The summed E-state index contributed by atoms with van der Waals surface area (Å²) in [5, 5.41) is 0. The van der Waals surface area contributed by atoms with Gasteiger partial charge in [-0.25, -0.2) is 4.39 Å². The number of ether oxygens (including phenoxy) is 2. The van der Waals surface area contributed by atoms with Gasteiger partial charge in [0.15, 0.2) is 0 Å². The van der Waals surface area contributed by atoms with Gasteiger partial charge < -0.3 is 14.4 Å². The summed E-state index contributed by atoms with van der Waals surface area (Å²) in [6.45, 7) is 0.512. The van der Waals surface area contributed by atoms with Crippen LogP contribution in [-0.2, 0) is 11.2 Å². The van der Waals surface area contributed by atoms with Gasteiger partial charge in [0, 0.05) is 19.8 Å². The van der Waals surface area contributed by atoms with E-state index in [-0.39, 0.29) is 6.61 Å². The van der Waals surface area contributed by atoms with Crippen LogP contribution in [-0.4, -0.2) is 40.6 Å². The van der Waals surface area contributed by atoms with Gasteiger partial charge in [0.2, 0.25) is 0 Å². The third-order valence-electron chi connectivity index (χ3n) is 3.71. The summed E-state index contributed by atoms with van der Waals surface area (Å²) in [5.74, 6) is 0.802. The molecular formula is C21H26FNO2. The van der Waals surface area contributed by atoms with E-state index in [1.165, 1.54) is 16.8 Å². The highest BCUT2D eigenvalue weighted by molar-refractivity contribution is 5.55. The highest BCUT2D eigenvalue weighted by Crippen LogP contribution is 2.15. The lowest BCUT2D eigenvalue weighted by Gasteiger charge is -2.11. The van der Waals surface area contributed by atoms with Gasteiger partial charge in [-0.2, -0.15) is 0 Å². The second kappa shape index (κ2) is 10.5. The van der Waals surface area contributed by atoms with Gasteiger partial charge in [-0.15, -0.1) is 0 Å². The molecule has 4 heteroatoms. The van der Waals surface area contributed by atoms with Crippen molar-refractivity contribution in [1.82, 2.24) is 0 Å². The summed E-state index contributed by atoms with van der Waals surface area (Å²) in [7, 11) is 4.07. The van der Waals surface area contributed by atoms with Gasteiger partial charge >= 0.3 is 0 Å². The van der Waals surface area contributed by atoms with Crippen LogP contribution in [0.1, 0.15) is 11.1 Å². The Balaban J connectivity index is 1.76. The molecule has 134 valence electrons. The lowest BCUT2D eigenvalue weighted by atomic mass is 10.1. The average molecular weight is 343 g/mol. The summed E-state index contributed by atoms with van der Waals surface area (Å²) in [5.41, 5.74) is 3.61. The van der Waals surface area contributed by atoms with E-state index in [1.807, 2.05) is 26.2 Å². The summed E-state index contributed by atoms with van der Waals surface area (Å²) >= 11 is 0. The second-order valence-corrected chi connectivity index (χ2v) is 5.89. The zero-order valence-electron chi connectivity index (χ0n) is 15.0. The molecule has 0 heterocycles. The number of hydrogen-bond acceptors (Lipinski definition) is 3. The molecule has 2 rings (SSSR count). The molecule has 2 aromatic rings. The molecule has 0 saturated heterocycles. The Morgan fingerprint density at radius 2 is 1.64 bits per heavy atom. The highest BCUT2D eigenvalue weighted by Gasteiger charge is 1.96. The number of rotatable bonds is 10. The number of alkyl halides is 1. The fourth-order valence-electron chi connectivity index (χ4n) is 2.31. The monoisotopic (exact) mass is 343 g/mol. The predicted molar refractivity (Wildman–Crippen MR) is 102 cm³/mol. The molecule has 0 aliphatic carbocycles. The van der Waals surface area contributed by atoms with Crippen molar-refractivity contribution in [3.63, 3.8) is 0 Å². The molecule has 0 spiro atoms. The Morgan fingerprint density at radius 1 is 0.920 bits per heavy atom. The minimum atomic E-state index is -0.456. The predicted octanol–water partition coefficient (Wildman–Crippen LogP) is 4.37. The molecule has 25 heavy (non-hydrogen) atoms. The van der Waals surface area contributed by atoms with Crippen molar-refractivity contribution >= 4 is 11.8 Å². The Morgan fingerprint density at radius 3 is 2.28 bits per heavy atom. The van der Waals surface area contributed by atoms with Crippen molar-refractivity contribution in [2.45, 2.75) is 6.42 Å². The SMILES string of the molecule is CN(C)c1ccc(/C=C/Cc2ccc(OCCOCCF)cc2)cc1. The number of benzene rings is 2. The van der Waals surface area contributed by atoms with E-state index in [0.717, 1.165) is 12.2 Å². The minimum Gasteiger partial charge on any atom is -0.491 e. The van der Waals surface area contributed by atoms with E-state index in [1.54, 1.807) is 0 Å². The molecule has 0 N–H and O–H groups in total. The Bertz CT molecular complexity index is 636. The first-order valence-corrected chi connectivity index (χ1v) is 8.48. The average Bonchev–Trinajstić information content (AvgIpc) is 2.63. The topological polar surface area (TPSA) is 21.7 Å². The second-order valence-electron chi connectivity index (χ2n) is 5.89. The maximum absolute atomic E-state index is 11.9. The minimum absolute atomic E-state index is 0.131. The van der Waals surface area contributed by atoms with Crippen LogP contribution in [0.3, 0.4) is 0 Å². The number of nitrogens with zero attached hydrogens (tertiary/aromatic N) is 1. The van der Waals surface area contributed by atoms with E-state index in [9.17, 15) is 4.39 Å². The fraction of sp³-hybridized carbons (Fsp3) is 0.333. The lowest BCUT2D eigenvalue weighted by molar-refractivity contribution is 0.0897. The van der Waals surface area contributed by atoms with Gasteiger partial charge in [0.25, 0.3) is 0 Å². The van der Waals surface area contributed by atoms with Gasteiger partial charge in [0.1, 0.15) is 19.0 Å². The third kappa shape index (κ3) is 6.98. The van der Waals surface area contributed by atoms with E-state index in [4.69, 9.17) is 9.47 Å². The number of hydrogen-bond donors (Lipinski definition) is 0. The smallest absolute Gasteiger partial charge is 0.119 e. The van der Waals surface area contributed by atoms with Crippen molar-refractivity contribution in [3.05, 3.63) is 65.7 Å². The first-order chi connectivity index (χ1) is 12.2. The van der Waals surface area contributed by atoms with Gasteiger partial charge in [-0.3, -0.25) is 0 Å². The number of allylic oxidation sites excluding steroid dienone is 1. The van der Waals surface area contributed by atoms with Crippen LogP contribution in [0.15, 0.2) is 54.6 Å². The van der Waals surface area contributed by atoms with Crippen LogP contribution in [0.2, 0.25) is 0 Å². The van der Waals surface area contributed by atoms with Crippen LogP contribution in [0.5, 0.6) is 5.75 Å². The lowest BCUT2D eigenvalue weighted by Crippen LogP contribution is -2.08. The molecule has 2 aromatic carbocycles. The third-order valence-corrected chi connectivity index (χ3v) is 3.71. The normalized spacial score (nSPS) is 11.0. The van der Waals surface area contributed by atoms with E-state index >= 15 is 0 Å². The summed E-state index contributed by atoms with van der Waals surface area (Å²) in [4.78, 5) is 2.09. The highest BCUT2D eigenvalue weighted by atomic mass is 19.1. The molecule has 0 saturated carbocycles. The Hall–Kier alpha value is -2.33. The summed E-state index contributed by atoms with van der Waals surface area (Å²) in [6, 6.07) is 16.5. The molecule has 0 aliphatic rings. The first kappa shape index (κ1) is 19.0. The summed E-state index contributed by atoms with van der Waals surface area (Å²) < 4.78 is 22.4. The number of halogens is 1. The molecule has 0 aromatic heterocycles. The molecule has 0 aliphatic heterocycles. The Kier molecular flexibility index (Phi) is 7.99. The van der Waals surface area contributed by atoms with Crippen LogP contribution in [0, 0.1) is 0 Å². The van der Waals surface area contributed by atoms with E-state index in [2.05, 4.69) is 53.5 Å². The van der Waals surface area contributed by atoms with E-state index in [0.29, 0.717) is 13.2 Å². The zero-order chi connectivity index (χ0) is 17.9. The zero-order valence-corrected chi connectivity index (χ0v) is 15.0. The molecule has 0 radical (unpaired) electrons. The largest absolute Gasteiger partial charge is 0.491 e. The molecule has 0 fully saturated rings. The molecule has 0 atom stereocenters. The summed E-state index contributed by atoms with van der Waals surface area (Å²) in [6.07, 6.45) is 5.16. The van der Waals surface area contributed by atoms with Crippen LogP contribution in [0.4, 0.5) is 10.1 Å². The van der Waals surface area contributed by atoms with Crippen molar-refractivity contribution in [3.8, 4) is 5.75 Å². The number of anilines is 1. The quantitative estimate of drug-likeness (QED) is 0.598. The maximum atomic E-state index is 11.9. The van der Waals surface area contributed by atoms with Crippen molar-refractivity contribution in [1.29, 1.82) is 0 Å². The van der Waals surface area contributed by atoms with Gasteiger partial charge in [0.05, 0.1) is 13.2 Å². The van der Waals surface area contributed by atoms with Crippen LogP contribution < -0.4 is 9.64 Å². The Labute approximate surface area is 149 Å².